The molecule has 4 N–H and O–H groups in total. The van der Waals surface area contributed by atoms with Gasteiger partial charge >= 0.3 is 0 Å². The SMILES string of the molecule is C[C@]12C=CC(=O)C=C1CC[C@H]1[C@@H]3C[C@H]4O[C@H](c5ccc(C#Cc6cccc(N)c6)cc5)O[C@@]4(C(=O)CO)[C@@]3(C)C[C@H](O)[C@@]12F. The van der Waals surface area contributed by atoms with Crippen molar-refractivity contribution in [3.05, 3.63) is 89.0 Å². The Labute approximate surface area is 255 Å². The van der Waals surface area contributed by atoms with Gasteiger partial charge in [-0.05, 0) is 81.0 Å². The number of Topliss-reactive ketones (excluding diaryl/α,β-unsaturated/α-hetero) is 1. The molecule has 1 heterocycles. The summed E-state index contributed by atoms with van der Waals surface area (Å²) in [7, 11) is 0. The van der Waals surface area contributed by atoms with E-state index in [0.717, 1.165) is 11.1 Å². The van der Waals surface area contributed by atoms with Gasteiger partial charge in [0.25, 0.3) is 0 Å². The second-order valence-corrected chi connectivity index (χ2v) is 13.4. The number of ketones is 2. The standard InChI is InChI=1S/C36H36FNO6/c1-33-15-14-26(40)17-24(33)12-13-27-28-18-31-36(30(42)20-39,34(28,2)19-29(41)35(27,33)37)44-32(43-31)23-10-8-21(9-11-23)6-7-22-4-3-5-25(38)16-22/h3-5,8-11,14-17,27-29,31-32,39,41H,12-13,18-20,38H2,1-2H3/t27-,28-,29-,31+,32-,33-,34-,35-,36+/m0/s1. The molecule has 0 radical (unpaired) electrons. The molecule has 0 aromatic heterocycles. The van der Waals surface area contributed by atoms with Gasteiger partial charge in [-0.3, -0.25) is 9.59 Å². The smallest absolute Gasteiger partial charge is 0.193 e. The predicted octanol–water partition coefficient (Wildman–Crippen LogP) is 4.36. The maximum Gasteiger partial charge on any atom is 0.193 e. The van der Waals surface area contributed by atoms with Crippen LogP contribution in [0.3, 0.4) is 0 Å². The molecule has 0 bridgehead atoms. The fourth-order valence-electron chi connectivity index (χ4n) is 9.21. The number of halogens is 1. The maximum absolute atomic E-state index is 17.5. The molecular weight excluding hydrogens is 561 g/mol. The largest absolute Gasteiger partial charge is 0.399 e. The minimum Gasteiger partial charge on any atom is -0.399 e. The summed E-state index contributed by atoms with van der Waals surface area (Å²) in [5.41, 5.74) is 3.71. The Kier molecular flexibility index (Phi) is 6.58. The zero-order chi connectivity index (χ0) is 31.1. The molecule has 3 saturated carbocycles. The number of carbonyl (C=O) groups is 2. The van der Waals surface area contributed by atoms with Crippen LogP contribution in [0.5, 0.6) is 0 Å². The third kappa shape index (κ3) is 3.83. The molecule has 1 saturated heterocycles. The highest BCUT2D eigenvalue weighted by molar-refractivity contribution is 6.01. The van der Waals surface area contributed by atoms with E-state index in [-0.39, 0.29) is 18.1 Å². The van der Waals surface area contributed by atoms with Gasteiger partial charge in [-0.2, -0.15) is 0 Å². The molecule has 228 valence electrons. The van der Waals surface area contributed by atoms with E-state index in [1.807, 2.05) is 43.3 Å². The van der Waals surface area contributed by atoms with Gasteiger partial charge in [0.1, 0.15) is 6.61 Å². The third-order valence-electron chi connectivity index (χ3n) is 11.4. The minimum atomic E-state index is -2.04. The molecule has 9 atom stereocenters. The quantitative estimate of drug-likeness (QED) is 0.355. The van der Waals surface area contributed by atoms with Crippen LogP contribution in [0.25, 0.3) is 0 Å². The average molecular weight is 598 g/mol. The van der Waals surface area contributed by atoms with Gasteiger partial charge in [0.15, 0.2) is 29.1 Å². The van der Waals surface area contributed by atoms with Crippen LogP contribution in [-0.4, -0.2) is 51.9 Å². The number of alkyl halides is 1. The molecule has 0 amide bonds. The van der Waals surface area contributed by atoms with Crippen LogP contribution in [0.15, 0.2) is 72.3 Å². The Balaban J connectivity index is 1.19. The van der Waals surface area contributed by atoms with Crippen LogP contribution in [0, 0.1) is 34.5 Å². The minimum absolute atomic E-state index is 0.0494. The molecule has 44 heavy (non-hydrogen) atoms. The van der Waals surface area contributed by atoms with Gasteiger partial charge in [-0.1, -0.05) is 48.6 Å². The van der Waals surface area contributed by atoms with Gasteiger partial charge in [-0.25, -0.2) is 4.39 Å². The summed E-state index contributed by atoms with van der Waals surface area (Å²) in [6.45, 7) is 2.88. The maximum atomic E-state index is 17.5. The van der Waals surface area contributed by atoms with E-state index in [4.69, 9.17) is 15.2 Å². The highest BCUT2D eigenvalue weighted by Gasteiger charge is 2.79. The molecule has 1 aliphatic heterocycles. The van der Waals surface area contributed by atoms with Crippen molar-refractivity contribution < 1.29 is 33.7 Å². The van der Waals surface area contributed by atoms with Crippen LogP contribution in [-0.2, 0) is 19.1 Å². The van der Waals surface area contributed by atoms with Crippen LogP contribution in [0.2, 0.25) is 0 Å². The number of hydrogen-bond acceptors (Lipinski definition) is 7. The number of benzene rings is 2. The predicted molar refractivity (Wildman–Crippen MR) is 161 cm³/mol. The number of rotatable bonds is 3. The zero-order valence-corrected chi connectivity index (χ0v) is 24.8. The van der Waals surface area contributed by atoms with Crippen LogP contribution in [0.4, 0.5) is 10.1 Å². The van der Waals surface area contributed by atoms with Gasteiger partial charge in [0.05, 0.1) is 12.2 Å². The number of fused-ring (bicyclic) bond motifs is 7. The van der Waals surface area contributed by atoms with Crippen molar-refractivity contribution in [2.75, 3.05) is 12.3 Å². The Morgan fingerprint density at radius 3 is 2.59 bits per heavy atom. The third-order valence-corrected chi connectivity index (χ3v) is 11.4. The van der Waals surface area contributed by atoms with Crippen molar-refractivity contribution in [1.82, 2.24) is 0 Å². The van der Waals surface area contributed by atoms with Gasteiger partial charge in [0, 0.05) is 39.1 Å². The van der Waals surface area contributed by atoms with E-state index < -0.39 is 58.9 Å². The summed E-state index contributed by atoms with van der Waals surface area (Å²) in [4.78, 5) is 25.8. The lowest BCUT2D eigenvalue weighted by Gasteiger charge is -2.62. The van der Waals surface area contributed by atoms with E-state index in [9.17, 15) is 19.8 Å². The Morgan fingerprint density at radius 2 is 1.86 bits per heavy atom. The van der Waals surface area contributed by atoms with E-state index in [1.165, 1.54) is 12.2 Å². The molecule has 0 spiro atoms. The van der Waals surface area contributed by atoms with Gasteiger partial charge < -0.3 is 25.4 Å². The summed E-state index contributed by atoms with van der Waals surface area (Å²) in [6.07, 6.45) is 2.70. The lowest BCUT2D eigenvalue weighted by molar-refractivity contribution is -0.231. The first kappa shape index (κ1) is 29.1. The highest BCUT2D eigenvalue weighted by atomic mass is 19.1. The number of allylic oxidation sites excluding steroid dienone is 4. The number of aliphatic hydroxyl groups is 2. The van der Waals surface area contributed by atoms with Crippen molar-refractivity contribution >= 4 is 17.3 Å². The van der Waals surface area contributed by atoms with Gasteiger partial charge in [0.2, 0.25) is 0 Å². The second kappa shape index (κ2) is 9.95. The fourth-order valence-corrected chi connectivity index (χ4v) is 9.21. The highest BCUT2D eigenvalue weighted by Crippen LogP contribution is 2.72. The van der Waals surface area contributed by atoms with Crippen molar-refractivity contribution in [2.45, 2.75) is 69.3 Å². The van der Waals surface area contributed by atoms with Crippen molar-refractivity contribution in [2.24, 2.45) is 22.7 Å². The molecule has 7 nitrogen and oxygen atoms in total. The first-order valence-corrected chi connectivity index (χ1v) is 15.2. The Hall–Kier alpha value is -3.61. The molecule has 4 fully saturated rings. The van der Waals surface area contributed by atoms with Crippen molar-refractivity contribution in [1.29, 1.82) is 0 Å². The number of ether oxygens (including phenoxy) is 2. The molecule has 2 aromatic rings. The molecule has 7 rings (SSSR count). The zero-order valence-electron chi connectivity index (χ0n) is 24.8. The number of nitrogen functional groups attached to an aromatic ring is 1. The van der Waals surface area contributed by atoms with E-state index >= 15 is 4.39 Å². The molecule has 4 aliphatic carbocycles. The Morgan fingerprint density at radius 1 is 1.11 bits per heavy atom. The van der Waals surface area contributed by atoms with Crippen LogP contribution < -0.4 is 5.73 Å². The summed E-state index contributed by atoms with van der Waals surface area (Å²) in [5.74, 6) is 4.56. The number of hydrogen-bond donors (Lipinski definition) is 3. The first-order valence-electron chi connectivity index (χ1n) is 15.2. The molecule has 0 unspecified atom stereocenters. The summed E-state index contributed by atoms with van der Waals surface area (Å²) < 4.78 is 30.6. The van der Waals surface area contributed by atoms with E-state index in [1.54, 1.807) is 25.1 Å². The first-order chi connectivity index (χ1) is 21.0. The lowest BCUT2D eigenvalue weighted by atomic mass is 9.44. The molecule has 8 heteroatoms. The summed E-state index contributed by atoms with van der Waals surface area (Å²) in [6, 6.07) is 14.7. The van der Waals surface area contributed by atoms with E-state index in [2.05, 4.69) is 11.8 Å². The summed E-state index contributed by atoms with van der Waals surface area (Å²) in [5, 5.41) is 21.9. The van der Waals surface area contributed by atoms with Crippen LogP contribution >= 0.6 is 0 Å². The molecule has 2 aromatic carbocycles. The average Bonchev–Trinajstić information content (AvgIpc) is 3.50. The number of nitrogens with two attached hydrogens (primary N) is 1. The summed E-state index contributed by atoms with van der Waals surface area (Å²) >= 11 is 0. The second-order valence-electron chi connectivity index (χ2n) is 13.4. The number of anilines is 1. The van der Waals surface area contributed by atoms with Gasteiger partial charge in [-0.15, -0.1) is 0 Å². The van der Waals surface area contributed by atoms with Crippen molar-refractivity contribution in [3.63, 3.8) is 0 Å². The fraction of sp³-hybridized carbons (Fsp3) is 0.444. The number of carbonyl (C=O) groups excluding carboxylic acids is 2. The number of aliphatic hydroxyl groups excluding tert-OH is 2. The Bertz CT molecular complexity index is 1670. The lowest BCUT2D eigenvalue weighted by Crippen LogP contribution is -2.69. The molecular formula is C36H36FNO6. The van der Waals surface area contributed by atoms with E-state index in [0.29, 0.717) is 36.1 Å². The molecule has 5 aliphatic rings. The normalized spacial score (nSPS) is 40.2. The topological polar surface area (TPSA) is 119 Å². The van der Waals surface area contributed by atoms with Crippen LogP contribution in [0.1, 0.15) is 62.5 Å². The monoisotopic (exact) mass is 597 g/mol. The van der Waals surface area contributed by atoms with Crippen molar-refractivity contribution in [3.8, 4) is 11.8 Å².